The molecule has 0 saturated heterocycles. The van der Waals surface area contributed by atoms with Crippen LogP contribution in [0.2, 0.25) is 5.02 Å². The third kappa shape index (κ3) is 4.74. The Kier molecular flexibility index (Phi) is 6.45. The second-order valence-electron chi connectivity index (χ2n) is 6.14. The minimum Gasteiger partial charge on any atom is -0.395 e. The summed E-state index contributed by atoms with van der Waals surface area (Å²) in [5.74, 6) is 0. The van der Waals surface area contributed by atoms with Crippen molar-refractivity contribution in [2.75, 3.05) is 13.2 Å². The van der Waals surface area contributed by atoms with Gasteiger partial charge in [-0.05, 0) is 38.5 Å². The van der Waals surface area contributed by atoms with E-state index in [0.717, 1.165) is 22.5 Å². The molecule has 0 aliphatic carbocycles. The van der Waals surface area contributed by atoms with Gasteiger partial charge in [-0.3, -0.25) is 4.68 Å². The quantitative estimate of drug-likeness (QED) is 0.827. The van der Waals surface area contributed by atoms with Crippen LogP contribution in [0.4, 0.5) is 4.79 Å². The molecule has 6 nitrogen and oxygen atoms in total. The van der Waals surface area contributed by atoms with Crippen LogP contribution >= 0.6 is 11.6 Å². The van der Waals surface area contributed by atoms with Gasteiger partial charge in [0.05, 0.1) is 24.9 Å². The van der Waals surface area contributed by atoms with E-state index in [9.17, 15) is 9.90 Å². The highest BCUT2D eigenvalue weighted by Gasteiger charge is 2.20. The standard InChI is InChI=1S/C18H25ClN4O2/c1-12(15-5-7-16(19)8-6-15)20-18(25)23(9-10-24)11-17-13(2)21-22(4)14(17)3/h5-8,12,24H,9-11H2,1-4H3,(H,20,25)/t12-/m1/s1. The number of hydrogen-bond acceptors (Lipinski definition) is 3. The first-order chi connectivity index (χ1) is 11.8. The molecule has 2 N–H and O–H groups in total. The fourth-order valence-electron chi connectivity index (χ4n) is 2.72. The highest BCUT2D eigenvalue weighted by Crippen LogP contribution is 2.18. The minimum atomic E-state index is -0.223. The molecule has 1 atom stereocenters. The molecule has 2 aromatic rings. The van der Waals surface area contributed by atoms with E-state index < -0.39 is 0 Å². The Hall–Kier alpha value is -2.05. The molecular weight excluding hydrogens is 340 g/mol. The summed E-state index contributed by atoms with van der Waals surface area (Å²) in [4.78, 5) is 14.3. The number of benzene rings is 1. The number of nitrogens with one attached hydrogen (secondary N) is 1. The van der Waals surface area contributed by atoms with Crippen LogP contribution in [0.15, 0.2) is 24.3 Å². The molecular formula is C18H25ClN4O2. The third-order valence-electron chi connectivity index (χ3n) is 4.37. The Morgan fingerprint density at radius 1 is 1.36 bits per heavy atom. The second-order valence-corrected chi connectivity index (χ2v) is 6.58. The van der Waals surface area contributed by atoms with Crippen LogP contribution in [0, 0.1) is 13.8 Å². The lowest BCUT2D eigenvalue weighted by atomic mass is 10.1. The molecule has 25 heavy (non-hydrogen) atoms. The lowest BCUT2D eigenvalue weighted by Gasteiger charge is -2.25. The van der Waals surface area contributed by atoms with E-state index in [1.165, 1.54) is 0 Å². The Morgan fingerprint density at radius 2 is 2.00 bits per heavy atom. The molecule has 0 aliphatic heterocycles. The number of rotatable bonds is 6. The zero-order chi connectivity index (χ0) is 18.6. The van der Waals surface area contributed by atoms with Crippen LogP contribution in [0.5, 0.6) is 0 Å². The molecule has 1 aromatic heterocycles. The monoisotopic (exact) mass is 364 g/mol. The summed E-state index contributed by atoms with van der Waals surface area (Å²) in [6, 6.07) is 6.99. The second kappa shape index (κ2) is 8.36. The Bertz CT molecular complexity index is 727. The maximum absolute atomic E-state index is 12.7. The van der Waals surface area contributed by atoms with Crippen LogP contribution in [0.3, 0.4) is 0 Å². The smallest absolute Gasteiger partial charge is 0.318 e. The lowest BCUT2D eigenvalue weighted by Crippen LogP contribution is -2.42. The van der Waals surface area contributed by atoms with E-state index in [1.54, 1.807) is 21.7 Å². The first kappa shape index (κ1) is 19.3. The maximum atomic E-state index is 12.7. The Labute approximate surface area is 153 Å². The van der Waals surface area contributed by atoms with Crippen molar-refractivity contribution >= 4 is 17.6 Å². The van der Waals surface area contributed by atoms with E-state index >= 15 is 0 Å². The van der Waals surface area contributed by atoms with Crippen molar-refractivity contribution in [1.82, 2.24) is 20.0 Å². The molecule has 7 heteroatoms. The van der Waals surface area contributed by atoms with Gasteiger partial charge >= 0.3 is 6.03 Å². The highest BCUT2D eigenvalue weighted by molar-refractivity contribution is 6.30. The maximum Gasteiger partial charge on any atom is 0.318 e. The molecule has 0 radical (unpaired) electrons. The normalized spacial score (nSPS) is 12.1. The van der Waals surface area contributed by atoms with Crippen molar-refractivity contribution in [3.63, 3.8) is 0 Å². The predicted octanol–water partition coefficient (Wildman–Crippen LogP) is 2.96. The van der Waals surface area contributed by atoms with E-state index in [4.69, 9.17) is 11.6 Å². The number of aliphatic hydroxyl groups excluding tert-OH is 1. The van der Waals surface area contributed by atoms with Gasteiger partial charge in [-0.15, -0.1) is 0 Å². The van der Waals surface area contributed by atoms with Crippen molar-refractivity contribution in [2.24, 2.45) is 7.05 Å². The number of halogens is 1. The summed E-state index contributed by atoms with van der Waals surface area (Å²) in [5.41, 5.74) is 3.88. The predicted molar refractivity (Wildman–Crippen MR) is 98.6 cm³/mol. The fraction of sp³-hybridized carbons (Fsp3) is 0.444. The lowest BCUT2D eigenvalue weighted by molar-refractivity contribution is 0.171. The number of carbonyl (C=O) groups excluding carboxylic acids is 1. The molecule has 1 aromatic carbocycles. The van der Waals surface area contributed by atoms with Gasteiger partial charge in [0.15, 0.2) is 0 Å². The molecule has 2 rings (SSSR count). The Balaban J connectivity index is 2.10. The summed E-state index contributed by atoms with van der Waals surface area (Å²) >= 11 is 5.90. The van der Waals surface area contributed by atoms with Crippen LogP contribution in [-0.2, 0) is 13.6 Å². The number of amides is 2. The summed E-state index contributed by atoms with van der Waals surface area (Å²) in [5, 5.41) is 17.3. The van der Waals surface area contributed by atoms with E-state index in [-0.39, 0.29) is 25.2 Å². The number of nitrogens with zero attached hydrogens (tertiary/aromatic N) is 3. The summed E-state index contributed by atoms with van der Waals surface area (Å²) in [7, 11) is 1.88. The third-order valence-corrected chi connectivity index (χ3v) is 4.63. The highest BCUT2D eigenvalue weighted by atomic mass is 35.5. The number of urea groups is 1. The minimum absolute atomic E-state index is 0.0961. The zero-order valence-corrected chi connectivity index (χ0v) is 15.8. The molecule has 0 fully saturated rings. The number of aromatic nitrogens is 2. The van der Waals surface area contributed by atoms with Crippen molar-refractivity contribution < 1.29 is 9.90 Å². The molecule has 0 bridgehead atoms. The van der Waals surface area contributed by atoms with Crippen molar-refractivity contribution in [2.45, 2.75) is 33.4 Å². The SMILES string of the molecule is Cc1nn(C)c(C)c1CN(CCO)C(=O)N[C@H](C)c1ccc(Cl)cc1. The van der Waals surface area contributed by atoms with Gasteiger partial charge in [0, 0.05) is 29.9 Å². The average Bonchev–Trinajstić information content (AvgIpc) is 2.81. The molecule has 0 aliphatic rings. The van der Waals surface area contributed by atoms with Crippen LogP contribution in [0.1, 0.15) is 35.5 Å². The first-order valence-corrected chi connectivity index (χ1v) is 8.62. The van der Waals surface area contributed by atoms with Crippen LogP contribution < -0.4 is 5.32 Å². The first-order valence-electron chi connectivity index (χ1n) is 8.24. The van der Waals surface area contributed by atoms with Crippen LogP contribution in [0.25, 0.3) is 0 Å². The van der Waals surface area contributed by atoms with Crippen LogP contribution in [-0.4, -0.2) is 39.0 Å². The molecule has 2 amide bonds. The summed E-state index contributed by atoms with van der Waals surface area (Å²) in [6.07, 6.45) is 0. The molecule has 0 unspecified atom stereocenters. The Morgan fingerprint density at radius 3 is 2.52 bits per heavy atom. The largest absolute Gasteiger partial charge is 0.395 e. The van der Waals surface area contributed by atoms with Gasteiger partial charge in [0.1, 0.15) is 0 Å². The van der Waals surface area contributed by atoms with E-state index in [0.29, 0.717) is 11.6 Å². The van der Waals surface area contributed by atoms with Crippen molar-refractivity contribution in [1.29, 1.82) is 0 Å². The van der Waals surface area contributed by atoms with E-state index in [1.807, 2.05) is 40.0 Å². The van der Waals surface area contributed by atoms with Gasteiger partial charge in [-0.2, -0.15) is 5.10 Å². The van der Waals surface area contributed by atoms with Gasteiger partial charge in [-0.1, -0.05) is 23.7 Å². The van der Waals surface area contributed by atoms with Gasteiger partial charge in [0.25, 0.3) is 0 Å². The summed E-state index contributed by atoms with van der Waals surface area (Å²) in [6.45, 7) is 6.38. The fourth-order valence-corrected chi connectivity index (χ4v) is 2.85. The van der Waals surface area contributed by atoms with Crippen molar-refractivity contribution in [3.05, 3.63) is 51.8 Å². The molecule has 0 saturated carbocycles. The average molecular weight is 365 g/mol. The van der Waals surface area contributed by atoms with Gasteiger partial charge in [0.2, 0.25) is 0 Å². The number of aliphatic hydroxyl groups is 1. The zero-order valence-electron chi connectivity index (χ0n) is 15.1. The molecule has 1 heterocycles. The summed E-state index contributed by atoms with van der Waals surface area (Å²) < 4.78 is 1.80. The number of hydrogen-bond donors (Lipinski definition) is 2. The molecule has 136 valence electrons. The van der Waals surface area contributed by atoms with E-state index in [2.05, 4.69) is 10.4 Å². The van der Waals surface area contributed by atoms with Gasteiger partial charge in [-0.25, -0.2) is 4.79 Å². The number of aryl methyl sites for hydroxylation is 2. The van der Waals surface area contributed by atoms with Gasteiger partial charge < -0.3 is 15.3 Å². The molecule has 0 spiro atoms. The topological polar surface area (TPSA) is 70.4 Å². The number of carbonyl (C=O) groups is 1. The van der Waals surface area contributed by atoms with Crippen molar-refractivity contribution in [3.8, 4) is 0 Å².